The quantitative estimate of drug-likeness (QED) is 0.350. The fraction of sp³-hybridized carbons (Fsp3) is 0.148. The zero-order chi connectivity index (χ0) is 23.6. The van der Waals surface area contributed by atoms with Crippen LogP contribution in [-0.2, 0) is 6.54 Å². The molecule has 3 heterocycles. The molecule has 0 amide bonds. The molecule has 6 rings (SSSR count). The average molecular weight is 481 g/mol. The summed E-state index contributed by atoms with van der Waals surface area (Å²) in [6, 6.07) is 26.0. The third kappa shape index (κ3) is 4.45. The number of nitrogen functional groups attached to an aromatic ring is 1. The first-order chi connectivity index (χ1) is 17.2. The molecule has 1 aliphatic rings. The minimum absolute atomic E-state index is 0.406. The fourth-order valence-corrected chi connectivity index (χ4v) is 5.23. The van der Waals surface area contributed by atoms with E-state index < -0.39 is 0 Å². The van der Waals surface area contributed by atoms with Gasteiger partial charge in [0, 0.05) is 30.3 Å². The highest BCUT2D eigenvalue weighted by atomic mass is 32.2. The summed E-state index contributed by atoms with van der Waals surface area (Å²) in [4.78, 5) is 11.2. The van der Waals surface area contributed by atoms with Gasteiger partial charge in [0.2, 0.25) is 0 Å². The predicted octanol–water partition coefficient (Wildman–Crippen LogP) is 5.36. The van der Waals surface area contributed by atoms with Crippen LogP contribution in [0.4, 0.5) is 5.82 Å². The van der Waals surface area contributed by atoms with Gasteiger partial charge in [0.25, 0.3) is 0 Å². The van der Waals surface area contributed by atoms with Crippen LogP contribution in [0.1, 0.15) is 5.56 Å². The molecule has 3 aromatic carbocycles. The minimum Gasteiger partial charge on any atom is -0.457 e. The summed E-state index contributed by atoms with van der Waals surface area (Å²) in [6.07, 6.45) is 1.48. The van der Waals surface area contributed by atoms with Gasteiger partial charge in [0.1, 0.15) is 29.3 Å². The zero-order valence-corrected chi connectivity index (χ0v) is 19.9. The summed E-state index contributed by atoms with van der Waals surface area (Å²) in [7, 11) is 0. The maximum absolute atomic E-state index is 6.30. The summed E-state index contributed by atoms with van der Waals surface area (Å²) in [5.74, 6) is 4.25. The second kappa shape index (κ2) is 9.40. The Kier molecular flexibility index (Phi) is 5.81. The summed E-state index contributed by atoms with van der Waals surface area (Å²) < 4.78 is 7.77. The molecule has 1 saturated heterocycles. The van der Waals surface area contributed by atoms with Crippen molar-refractivity contribution in [3.8, 4) is 28.4 Å². The lowest BCUT2D eigenvalue weighted by Crippen LogP contribution is -2.18. The molecule has 2 aromatic heterocycles. The van der Waals surface area contributed by atoms with E-state index in [0.717, 1.165) is 52.8 Å². The molecule has 0 spiro atoms. The maximum atomic E-state index is 6.30. The van der Waals surface area contributed by atoms with Crippen molar-refractivity contribution in [1.82, 2.24) is 24.6 Å². The van der Waals surface area contributed by atoms with Crippen molar-refractivity contribution >= 4 is 28.6 Å². The molecule has 8 heteroatoms. The summed E-state index contributed by atoms with van der Waals surface area (Å²) in [5.41, 5.74) is 10.9. The number of hydrogen-bond acceptors (Lipinski definition) is 7. The highest BCUT2D eigenvalue weighted by molar-refractivity contribution is 7.99. The SMILES string of the molecule is Nc1ncnc2c1c(-c1ccc(Oc3ccccc3)cc1)nn2-c1ccc(CN2CCSC2)cc1. The minimum atomic E-state index is 0.406. The van der Waals surface area contributed by atoms with E-state index in [9.17, 15) is 0 Å². The number of fused-ring (bicyclic) bond motifs is 1. The van der Waals surface area contributed by atoms with Crippen LogP contribution in [-0.4, -0.2) is 42.8 Å². The highest BCUT2D eigenvalue weighted by Crippen LogP contribution is 2.33. The van der Waals surface area contributed by atoms with Crippen LogP contribution < -0.4 is 10.5 Å². The number of aromatic nitrogens is 4. The predicted molar refractivity (Wildman–Crippen MR) is 141 cm³/mol. The van der Waals surface area contributed by atoms with E-state index in [1.54, 1.807) is 0 Å². The van der Waals surface area contributed by atoms with Crippen molar-refractivity contribution in [2.24, 2.45) is 0 Å². The van der Waals surface area contributed by atoms with E-state index in [0.29, 0.717) is 11.5 Å². The Morgan fingerprint density at radius 3 is 2.40 bits per heavy atom. The van der Waals surface area contributed by atoms with Crippen LogP contribution >= 0.6 is 11.8 Å². The van der Waals surface area contributed by atoms with Crippen LogP contribution in [0.25, 0.3) is 28.0 Å². The molecule has 1 fully saturated rings. The van der Waals surface area contributed by atoms with Gasteiger partial charge in [0.15, 0.2) is 5.65 Å². The van der Waals surface area contributed by atoms with Gasteiger partial charge in [-0.3, -0.25) is 4.90 Å². The Morgan fingerprint density at radius 2 is 1.66 bits per heavy atom. The molecule has 0 radical (unpaired) electrons. The molecule has 1 aliphatic heterocycles. The lowest BCUT2D eigenvalue weighted by atomic mass is 10.1. The van der Waals surface area contributed by atoms with E-state index in [1.165, 1.54) is 17.6 Å². The molecule has 0 atom stereocenters. The second-order valence-electron chi connectivity index (χ2n) is 8.41. The Labute approximate surface area is 207 Å². The molecule has 0 bridgehead atoms. The molecule has 35 heavy (non-hydrogen) atoms. The van der Waals surface area contributed by atoms with Crippen molar-refractivity contribution in [3.05, 3.63) is 90.8 Å². The smallest absolute Gasteiger partial charge is 0.169 e. The lowest BCUT2D eigenvalue weighted by molar-refractivity contribution is 0.349. The van der Waals surface area contributed by atoms with Gasteiger partial charge in [-0.15, -0.1) is 11.8 Å². The van der Waals surface area contributed by atoms with E-state index >= 15 is 0 Å². The fourth-order valence-electron chi connectivity index (χ4n) is 4.24. The monoisotopic (exact) mass is 480 g/mol. The number of anilines is 1. The van der Waals surface area contributed by atoms with Crippen LogP contribution in [0, 0.1) is 0 Å². The van der Waals surface area contributed by atoms with Gasteiger partial charge < -0.3 is 10.5 Å². The number of ether oxygens (including phenoxy) is 1. The van der Waals surface area contributed by atoms with Crippen LogP contribution in [0.2, 0.25) is 0 Å². The molecule has 0 unspecified atom stereocenters. The standard InChI is InChI=1S/C27H24N6OS/c28-26-24-25(20-8-12-23(13-9-20)34-22-4-2-1-3-5-22)31-33(27(24)30-17-29-26)21-10-6-19(7-11-21)16-32-14-15-35-18-32/h1-13,17H,14-16,18H2,(H2,28,29,30). The normalized spacial score (nSPS) is 13.9. The summed E-state index contributed by atoms with van der Waals surface area (Å²) in [5, 5.41) is 5.66. The first-order valence-electron chi connectivity index (χ1n) is 11.5. The van der Waals surface area contributed by atoms with Crippen LogP contribution in [0.5, 0.6) is 11.5 Å². The van der Waals surface area contributed by atoms with Crippen molar-refractivity contribution in [2.75, 3.05) is 23.9 Å². The van der Waals surface area contributed by atoms with Crippen molar-refractivity contribution in [2.45, 2.75) is 6.54 Å². The molecular formula is C27H24N6OS. The van der Waals surface area contributed by atoms with Crippen LogP contribution in [0.3, 0.4) is 0 Å². The molecule has 0 aliphatic carbocycles. The maximum Gasteiger partial charge on any atom is 0.169 e. The summed E-state index contributed by atoms with van der Waals surface area (Å²) >= 11 is 1.98. The van der Waals surface area contributed by atoms with Crippen LogP contribution in [0.15, 0.2) is 85.2 Å². The summed E-state index contributed by atoms with van der Waals surface area (Å²) in [6.45, 7) is 2.11. The molecular weight excluding hydrogens is 456 g/mol. The Hall–Kier alpha value is -3.88. The highest BCUT2D eigenvalue weighted by Gasteiger charge is 2.18. The Morgan fingerprint density at radius 1 is 0.886 bits per heavy atom. The first-order valence-corrected chi connectivity index (χ1v) is 12.6. The number of thioether (sulfide) groups is 1. The lowest BCUT2D eigenvalue weighted by Gasteiger charge is -2.14. The van der Waals surface area contributed by atoms with Crippen molar-refractivity contribution in [1.29, 1.82) is 0 Å². The number of hydrogen-bond donors (Lipinski definition) is 1. The zero-order valence-electron chi connectivity index (χ0n) is 19.0. The number of para-hydroxylation sites is 1. The second-order valence-corrected chi connectivity index (χ2v) is 9.49. The first kappa shape index (κ1) is 21.6. The Bertz CT molecular complexity index is 1450. The number of nitrogens with zero attached hydrogens (tertiary/aromatic N) is 5. The van der Waals surface area contributed by atoms with Gasteiger partial charge in [-0.1, -0.05) is 30.3 Å². The molecule has 2 N–H and O–H groups in total. The third-order valence-electron chi connectivity index (χ3n) is 6.01. The average Bonchev–Trinajstić information content (AvgIpc) is 3.55. The van der Waals surface area contributed by atoms with E-state index in [2.05, 4.69) is 39.1 Å². The molecule has 5 aromatic rings. The largest absolute Gasteiger partial charge is 0.457 e. The third-order valence-corrected chi connectivity index (χ3v) is 7.03. The number of nitrogens with two attached hydrogens (primary N) is 1. The van der Waals surface area contributed by atoms with Gasteiger partial charge >= 0.3 is 0 Å². The Balaban J connectivity index is 1.33. The van der Waals surface area contributed by atoms with Gasteiger partial charge in [-0.25, -0.2) is 14.6 Å². The van der Waals surface area contributed by atoms with E-state index in [4.69, 9.17) is 15.6 Å². The van der Waals surface area contributed by atoms with Gasteiger partial charge in [0.05, 0.1) is 11.1 Å². The molecule has 7 nitrogen and oxygen atoms in total. The number of benzene rings is 3. The van der Waals surface area contributed by atoms with Gasteiger partial charge in [-0.2, -0.15) is 5.10 Å². The topological polar surface area (TPSA) is 82.1 Å². The van der Waals surface area contributed by atoms with E-state index in [1.807, 2.05) is 71.0 Å². The van der Waals surface area contributed by atoms with Gasteiger partial charge in [-0.05, 0) is 54.1 Å². The number of rotatable bonds is 6. The molecule has 174 valence electrons. The van der Waals surface area contributed by atoms with E-state index in [-0.39, 0.29) is 0 Å². The van der Waals surface area contributed by atoms with Crippen molar-refractivity contribution in [3.63, 3.8) is 0 Å². The molecule has 0 saturated carbocycles. The van der Waals surface area contributed by atoms with Crippen molar-refractivity contribution < 1.29 is 4.74 Å².